The Balaban J connectivity index is 2.20. The molecule has 0 aromatic heterocycles. The fraction of sp³-hybridized carbons (Fsp3) is 0.833. The maximum atomic E-state index is 11.8. The summed E-state index contributed by atoms with van der Waals surface area (Å²) in [4.78, 5) is 22.4. The van der Waals surface area contributed by atoms with Crippen LogP contribution >= 0.6 is 0 Å². The summed E-state index contributed by atoms with van der Waals surface area (Å²) in [5.74, 6) is 0.378. The highest BCUT2D eigenvalue weighted by atomic mass is 16.2. The average Bonchev–Trinajstić information content (AvgIpc) is 2.34. The smallest absolute Gasteiger partial charge is 0.223 e. The molecule has 1 fully saturated rings. The molecule has 0 aromatic carbocycles. The van der Waals surface area contributed by atoms with E-state index in [9.17, 15) is 9.59 Å². The van der Waals surface area contributed by atoms with Crippen molar-refractivity contribution in [3.63, 3.8) is 0 Å². The van der Waals surface area contributed by atoms with Crippen LogP contribution in [-0.2, 0) is 9.59 Å². The Bertz CT molecular complexity index is 268. The molecule has 17 heavy (non-hydrogen) atoms. The van der Waals surface area contributed by atoms with Crippen molar-refractivity contribution in [2.45, 2.75) is 38.5 Å². The van der Waals surface area contributed by atoms with Gasteiger partial charge in [-0.15, -0.1) is 0 Å². The Kier molecular flexibility index (Phi) is 5.97. The van der Waals surface area contributed by atoms with Crippen LogP contribution in [0.1, 0.15) is 38.5 Å². The van der Waals surface area contributed by atoms with E-state index < -0.39 is 0 Å². The first-order chi connectivity index (χ1) is 8.13. The first-order valence-corrected chi connectivity index (χ1v) is 6.39. The van der Waals surface area contributed by atoms with Gasteiger partial charge >= 0.3 is 0 Å². The van der Waals surface area contributed by atoms with E-state index in [1.165, 1.54) is 0 Å². The lowest BCUT2D eigenvalue weighted by Crippen LogP contribution is -2.36. The Labute approximate surface area is 102 Å². The molecule has 1 aliphatic carbocycles. The van der Waals surface area contributed by atoms with Crippen molar-refractivity contribution in [3.05, 3.63) is 0 Å². The Morgan fingerprint density at radius 3 is 2.71 bits per heavy atom. The van der Waals surface area contributed by atoms with E-state index >= 15 is 0 Å². The van der Waals surface area contributed by atoms with Crippen LogP contribution in [0.3, 0.4) is 0 Å². The number of hydrogen-bond donors (Lipinski definition) is 3. The van der Waals surface area contributed by atoms with E-state index in [1.807, 2.05) is 0 Å². The minimum absolute atomic E-state index is 0.103. The predicted molar refractivity (Wildman–Crippen MR) is 65.9 cm³/mol. The molecule has 2 amide bonds. The number of carbonyl (C=O) groups excluding carboxylic acids is 2. The lowest BCUT2D eigenvalue weighted by Gasteiger charge is -2.27. The van der Waals surface area contributed by atoms with E-state index in [1.54, 1.807) is 0 Å². The van der Waals surface area contributed by atoms with Crippen molar-refractivity contribution in [2.75, 3.05) is 13.1 Å². The van der Waals surface area contributed by atoms with Crippen molar-refractivity contribution in [3.8, 4) is 0 Å². The van der Waals surface area contributed by atoms with E-state index in [4.69, 9.17) is 11.5 Å². The van der Waals surface area contributed by atoms with Gasteiger partial charge in [-0.2, -0.15) is 0 Å². The second-order valence-corrected chi connectivity index (χ2v) is 4.83. The lowest BCUT2D eigenvalue weighted by molar-refractivity contribution is -0.126. The highest BCUT2D eigenvalue weighted by Crippen LogP contribution is 2.28. The van der Waals surface area contributed by atoms with Gasteiger partial charge in [-0.25, -0.2) is 0 Å². The molecule has 2 unspecified atom stereocenters. The number of amides is 2. The van der Waals surface area contributed by atoms with Gasteiger partial charge in [-0.05, 0) is 38.1 Å². The largest absolute Gasteiger partial charge is 0.370 e. The predicted octanol–water partition coefficient (Wildman–Crippen LogP) is 0.133. The first-order valence-electron chi connectivity index (χ1n) is 6.39. The Hall–Kier alpha value is -1.10. The van der Waals surface area contributed by atoms with Gasteiger partial charge in [0.15, 0.2) is 0 Å². The zero-order chi connectivity index (χ0) is 12.7. The van der Waals surface area contributed by atoms with Crippen LogP contribution in [0.5, 0.6) is 0 Å². The van der Waals surface area contributed by atoms with Crippen LogP contribution in [0.4, 0.5) is 0 Å². The number of nitrogens with two attached hydrogens (primary N) is 2. The SMILES string of the molecule is NCC1CCCC(C(=O)NCCCC(N)=O)C1. The maximum Gasteiger partial charge on any atom is 0.223 e. The fourth-order valence-corrected chi connectivity index (χ4v) is 2.36. The molecule has 98 valence electrons. The van der Waals surface area contributed by atoms with E-state index in [0.717, 1.165) is 25.7 Å². The summed E-state index contributed by atoms with van der Waals surface area (Å²) in [7, 11) is 0. The van der Waals surface area contributed by atoms with Crippen LogP contribution < -0.4 is 16.8 Å². The molecule has 5 heteroatoms. The molecular weight excluding hydrogens is 218 g/mol. The molecule has 0 radical (unpaired) electrons. The number of nitrogens with one attached hydrogen (secondary N) is 1. The summed E-state index contributed by atoms with van der Waals surface area (Å²) in [6, 6.07) is 0. The molecule has 1 saturated carbocycles. The normalized spacial score (nSPS) is 24.3. The standard InChI is InChI=1S/C12H23N3O2/c13-8-9-3-1-4-10(7-9)12(17)15-6-2-5-11(14)16/h9-10H,1-8,13H2,(H2,14,16)(H,15,17). The third-order valence-corrected chi connectivity index (χ3v) is 3.39. The lowest BCUT2D eigenvalue weighted by atomic mass is 9.81. The quantitative estimate of drug-likeness (QED) is 0.576. The van der Waals surface area contributed by atoms with Crippen LogP contribution in [0.15, 0.2) is 0 Å². The van der Waals surface area contributed by atoms with Gasteiger partial charge in [0, 0.05) is 18.9 Å². The molecule has 0 aliphatic heterocycles. The summed E-state index contributed by atoms with van der Waals surface area (Å²) >= 11 is 0. The summed E-state index contributed by atoms with van der Waals surface area (Å²) in [6.45, 7) is 1.21. The minimum atomic E-state index is -0.319. The van der Waals surface area contributed by atoms with Gasteiger partial charge in [0.2, 0.25) is 11.8 Å². The topological polar surface area (TPSA) is 98.2 Å². The van der Waals surface area contributed by atoms with Crippen LogP contribution in [-0.4, -0.2) is 24.9 Å². The van der Waals surface area contributed by atoms with Gasteiger partial charge in [0.05, 0.1) is 0 Å². The molecule has 0 aromatic rings. The van der Waals surface area contributed by atoms with Gasteiger partial charge in [0.25, 0.3) is 0 Å². The van der Waals surface area contributed by atoms with Crippen LogP contribution in [0.25, 0.3) is 0 Å². The number of rotatable bonds is 6. The third-order valence-electron chi connectivity index (χ3n) is 3.39. The van der Waals surface area contributed by atoms with Crippen molar-refractivity contribution in [2.24, 2.45) is 23.3 Å². The number of carbonyl (C=O) groups is 2. The second-order valence-electron chi connectivity index (χ2n) is 4.83. The molecule has 0 saturated heterocycles. The molecule has 2 atom stereocenters. The molecule has 5 N–H and O–H groups in total. The third kappa shape index (κ3) is 5.17. The monoisotopic (exact) mass is 241 g/mol. The zero-order valence-electron chi connectivity index (χ0n) is 10.3. The molecule has 1 rings (SSSR count). The summed E-state index contributed by atoms with van der Waals surface area (Å²) < 4.78 is 0. The Morgan fingerprint density at radius 2 is 2.06 bits per heavy atom. The minimum Gasteiger partial charge on any atom is -0.370 e. The van der Waals surface area contributed by atoms with E-state index in [-0.39, 0.29) is 17.7 Å². The highest BCUT2D eigenvalue weighted by molar-refractivity contribution is 5.78. The second kappa shape index (κ2) is 7.27. The van der Waals surface area contributed by atoms with E-state index in [2.05, 4.69) is 5.32 Å². The first kappa shape index (κ1) is 14.0. The van der Waals surface area contributed by atoms with Crippen molar-refractivity contribution < 1.29 is 9.59 Å². The van der Waals surface area contributed by atoms with Gasteiger partial charge in [-0.3, -0.25) is 9.59 Å². The highest BCUT2D eigenvalue weighted by Gasteiger charge is 2.26. The van der Waals surface area contributed by atoms with Gasteiger partial charge < -0.3 is 16.8 Å². The zero-order valence-corrected chi connectivity index (χ0v) is 10.3. The molecule has 0 spiro atoms. The molecule has 1 aliphatic rings. The van der Waals surface area contributed by atoms with Gasteiger partial charge in [0.1, 0.15) is 0 Å². The molecule has 0 heterocycles. The van der Waals surface area contributed by atoms with Gasteiger partial charge in [-0.1, -0.05) is 6.42 Å². The van der Waals surface area contributed by atoms with Crippen LogP contribution in [0.2, 0.25) is 0 Å². The fourth-order valence-electron chi connectivity index (χ4n) is 2.36. The summed E-state index contributed by atoms with van der Waals surface area (Å²) in [5.41, 5.74) is 10.7. The Morgan fingerprint density at radius 1 is 1.29 bits per heavy atom. The maximum absolute atomic E-state index is 11.8. The van der Waals surface area contributed by atoms with E-state index in [0.29, 0.717) is 31.8 Å². The summed E-state index contributed by atoms with van der Waals surface area (Å²) in [5, 5.41) is 2.86. The number of primary amides is 1. The summed E-state index contributed by atoms with van der Waals surface area (Å²) in [6.07, 6.45) is 5.03. The van der Waals surface area contributed by atoms with Crippen molar-refractivity contribution >= 4 is 11.8 Å². The van der Waals surface area contributed by atoms with Crippen molar-refractivity contribution in [1.82, 2.24) is 5.32 Å². The van der Waals surface area contributed by atoms with Crippen LogP contribution in [0, 0.1) is 11.8 Å². The molecule has 5 nitrogen and oxygen atoms in total. The molecular formula is C12H23N3O2. The number of hydrogen-bond acceptors (Lipinski definition) is 3. The van der Waals surface area contributed by atoms with Crippen molar-refractivity contribution in [1.29, 1.82) is 0 Å². The molecule has 0 bridgehead atoms. The average molecular weight is 241 g/mol.